The van der Waals surface area contributed by atoms with Crippen LogP contribution in [0.2, 0.25) is 5.02 Å². The molecule has 1 aromatic carbocycles. The van der Waals surface area contributed by atoms with E-state index in [0.717, 1.165) is 11.3 Å². The Hall–Kier alpha value is -2.40. The van der Waals surface area contributed by atoms with E-state index in [9.17, 15) is 9.59 Å². The van der Waals surface area contributed by atoms with E-state index >= 15 is 0 Å². The van der Waals surface area contributed by atoms with Gasteiger partial charge in [0.05, 0.1) is 31.7 Å². The summed E-state index contributed by atoms with van der Waals surface area (Å²) in [4.78, 5) is 30.2. The van der Waals surface area contributed by atoms with E-state index in [2.05, 4.69) is 4.98 Å². The van der Waals surface area contributed by atoms with Gasteiger partial charge in [0.2, 0.25) is 5.91 Å². The van der Waals surface area contributed by atoms with Crippen molar-refractivity contribution < 1.29 is 14.3 Å². The number of pyridine rings is 1. The van der Waals surface area contributed by atoms with Crippen LogP contribution in [-0.2, 0) is 27.3 Å². The van der Waals surface area contributed by atoms with Gasteiger partial charge in [-0.05, 0) is 36.8 Å². The molecule has 0 spiro atoms. The molecule has 2 rings (SSSR count). The summed E-state index contributed by atoms with van der Waals surface area (Å²) in [6.07, 6.45) is 2.09. The number of carbonyl (C=O) groups is 2. The van der Waals surface area contributed by atoms with Crippen molar-refractivity contribution in [3.8, 4) is 0 Å². The number of hydrogen-bond acceptors (Lipinski definition) is 4. The van der Waals surface area contributed by atoms with Crippen molar-refractivity contribution in [2.75, 3.05) is 13.2 Å². The maximum Gasteiger partial charge on any atom is 0.307 e. The third kappa shape index (κ3) is 6.55. The van der Waals surface area contributed by atoms with Crippen LogP contribution in [0.15, 0.2) is 48.7 Å². The minimum atomic E-state index is -0.312. The van der Waals surface area contributed by atoms with Crippen LogP contribution in [0, 0.1) is 0 Å². The predicted octanol–water partition coefficient (Wildman–Crippen LogP) is 3.26. The predicted molar refractivity (Wildman–Crippen MR) is 96.1 cm³/mol. The van der Waals surface area contributed by atoms with Crippen molar-refractivity contribution >= 4 is 23.5 Å². The minimum Gasteiger partial charge on any atom is -0.466 e. The van der Waals surface area contributed by atoms with Crippen LogP contribution in [0.5, 0.6) is 0 Å². The Labute approximate surface area is 152 Å². The van der Waals surface area contributed by atoms with Gasteiger partial charge in [0.25, 0.3) is 0 Å². The second kappa shape index (κ2) is 9.79. The summed E-state index contributed by atoms with van der Waals surface area (Å²) in [6.45, 7) is 2.74. The number of rotatable bonds is 8. The molecule has 1 heterocycles. The van der Waals surface area contributed by atoms with E-state index < -0.39 is 0 Å². The molecule has 5 nitrogen and oxygen atoms in total. The molecule has 0 fully saturated rings. The Bertz CT molecular complexity index is 690. The molecule has 0 N–H and O–H groups in total. The maximum absolute atomic E-state index is 12.7. The van der Waals surface area contributed by atoms with Crippen LogP contribution in [0.4, 0.5) is 0 Å². The van der Waals surface area contributed by atoms with Crippen molar-refractivity contribution in [1.82, 2.24) is 9.88 Å². The maximum atomic E-state index is 12.7. The molecule has 0 bridgehead atoms. The van der Waals surface area contributed by atoms with E-state index in [4.69, 9.17) is 16.3 Å². The van der Waals surface area contributed by atoms with E-state index in [1.54, 1.807) is 30.2 Å². The molecule has 0 aliphatic rings. The molecular weight excluding hydrogens is 340 g/mol. The van der Waals surface area contributed by atoms with Gasteiger partial charge in [0, 0.05) is 17.8 Å². The molecule has 0 saturated heterocycles. The monoisotopic (exact) mass is 360 g/mol. The molecule has 0 saturated carbocycles. The summed E-state index contributed by atoms with van der Waals surface area (Å²) in [6, 6.07) is 12.7. The van der Waals surface area contributed by atoms with Gasteiger partial charge in [0.1, 0.15) is 0 Å². The minimum absolute atomic E-state index is 0.0720. The molecule has 1 aromatic heterocycles. The van der Waals surface area contributed by atoms with E-state index in [-0.39, 0.29) is 24.7 Å². The summed E-state index contributed by atoms with van der Waals surface area (Å²) >= 11 is 5.88. The van der Waals surface area contributed by atoms with Gasteiger partial charge in [-0.3, -0.25) is 14.6 Å². The molecule has 0 aliphatic heterocycles. The summed E-state index contributed by atoms with van der Waals surface area (Å²) in [5, 5.41) is 0.629. The van der Waals surface area contributed by atoms with E-state index in [1.165, 1.54) is 0 Å². The van der Waals surface area contributed by atoms with Gasteiger partial charge < -0.3 is 9.64 Å². The van der Waals surface area contributed by atoms with Gasteiger partial charge in [0.15, 0.2) is 0 Å². The number of halogens is 1. The second-order valence-corrected chi connectivity index (χ2v) is 5.93. The van der Waals surface area contributed by atoms with Crippen molar-refractivity contribution in [2.24, 2.45) is 0 Å². The van der Waals surface area contributed by atoms with E-state index in [1.807, 2.05) is 30.3 Å². The number of hydrogen-bond donors (Lipinski definition) is 0. The quantitative estimate of drug-likeness (QED) is 0.678. The lowest BCUT2D eigenvalue weighted by molar-refractivity contribution is -0.144. The molecule has 1 amide bonds. The average Bonchev–Trinajstić information content (AvgIpc) is 2.61. The molecule has 0 aliphatic carbocycles. The number of ether oxygens (including phenoxy) is 1. The SMILES string of the molecule is CCOC(=O)CCN(Cc1ccccn1)C(=O)Cc1ccc(Cl)cc1. The number of carbonyl (C=O) groups excluding carboxylic acids is 2. The third-order valence-electron chi connectivity index (χ3n) is 3.59. The van der Waals surface area contributed by atoms with Gasteiger partial charge in [-0.2, -0.15) is 0 Å². The average molecular weight is 361 g/mol. The molecule has 0 radical (unpaired) electrons. The molecule has 6 heteroatoms. The molecule has 0 unspecified atom stereocenters. The molecule has 0 atom stereocenters. The number of amides is 1. The Morgan fingerprint density at radius 2 is 1.92 bits per heavy atom. The Balaban J connectivity index is 2.04. The normalized spacial score (nSPS) is 10.3. The van der Waals surface area contributed by atoms with Crippen molar-refractivity contribution in [2.45, 2.75) is 26.3 Å². The van der Waals surface area contributed by atoms with Crippen molar-refractivity contribution in [3.63, 3.8) is 0 Å². The summed E-state index contributed by atoms with van der Waals surface area (Å²) in [5.74, 6) is -0.384. The number of benzene rings is 1. The Morgan fingerprint density at radius 3 is 2.56 bits per heavy atom. The first-order valence-electron chi connectivity index (χ1n) is 8.16. The standard InChI is InChI=1S/C19H21ClN2O3/c1-2-25-19(24)10-12-22(14-17-5-3-4-11-21-17)18(23)13-15-6-8-16(20)9-7-15/h3-9,11H,2,10,12-14H2,1H3. The zero-order valence-electron chi connectivity index (χ0n) is 14.2. The van der Waals surface area contributed by atoms with Gasteiger partial charge in [-0.15, -0.1) is 0 Å². The zero-order chi connectivity index (χ0) is 18.1. The first-order chi connectivity index (χ1) is 12.1. The highest BCUT2D eigenvalue weighted by Gasteiger charge is 2.17. The largest absolute Gasteiger partial charge is 0.466 e. The van der Waals surface area contributed by atoms with Crippen LogP contribution in [0.25, 0.3) is 0 Å². The van der Waals surface area contributed by atoms with Gasteiger partial charge >= 0.3 is 5.97 Å². The fourth-order valence-electron chi connectivity index (χ4n) is 2.33. The van der Waals surface area contributed by atoms with Crippen LogP contribution >= 0.6 is 11.6 Å². The number of esters is 1. The Kier molecular flexibility index (Phi) is 7.41. The summed E-state index contributed by atoms with van der Waals surface area (Å²) in [5.41, 5.74) is 1.65. The highest BCUT2D eigenvalue weighted by Crippen LogP contribution is 2.12. The van der Waals surface area contributed by atoms with E-state index in [0.29, 0.717) is 24.7 Å². The molecule has 2 aromatic rings. The van der Waals surface area contributed by atoms with Crippen LogP contribution < -0.4 is 0 Å². The van der Waals surface area contributed by atoms with Crippen LogP contribution in [0.3, 0.4) is 0 Å². The number of nitrogens with zero attached hydrogens (tertiary/aromatic N) is 2. The summed E-state index contributed by atoms with van der Waals surface area (Å²) in [7, 11) is 0. The second-order valence-electron chi connectivity index (χ2n) is 5.49. The summed E-state index contributed by atoms with van der Waals surface area (Å²) < 4.78 is 4.95. The number of aromatic nitrogens is 1. The highest BCUT2D eigenvalue weighted by atomic mass is 35.5. The third-order valence-corrected chi connectivity index (χ3v) is 3.84. The smallest absolute Gasteiger partial charge is 0.307 e. The fraction of sp³-hybridized carbons (Fsp3) is 0.316. The molecule has 132 valence electrons. The van der Waals surface area contributed by atoms with Crippen molar-refractivity contribution in [1.29, 1.82) is 0 Å². The Morgan fingerprint density at radius 1 is 1.16 bits per heavy atom. The highest BCUT2D eigenvalue weighted by molar-refractivity contribution is 6.30. The molecular formula is C19H21ClN2O3. The van der Waals surface area contributed by atoms with Gasteiger partial charge in [-0.1, -0.05) is 29.8 Å². The molecule has 25 heavy (non-hydrogen) atoms. The lowest BCUT2D eigenvalue weighted by Gasteiger charge is -2.22. The van der Waals surface area contributed by atoms with Crippen molar-refractivity contribution in [3.05, 3.63) is 64.9 Å². The lowest BCUT2D eigenvalue weighted by atomic mass is 10.1. The fourth-order valence-corrected chi connectivity index (χ4v) is 2.45. The first-order valence-corrected chi connectivity index (χ1v) is 8.54. The first kappa shape index (κ1) is 18.9. The van der Waals surface area contributed by atoms with Crippen LogP contribution in [0.1, 0.15) is 24.6 Å². The zero-order valence-corrected chi connectivity index (χ0v) is 14.9. The van der Waals surface area contributed by atoms with Crippen LogP contribution in [-0.4, -0.2) is 34.9 Å². The van der Waals surface area contributed by atoms with Gasteiger partial charge in [-0.25, -0.2) is 0 Å². The lowest BCUT2D eigenvalue weighted by Crippen LogP contribution is -2.34. The topological polar surface area (TPSA) is 59.5 Å².